The van der Waals surface area contributed by atoms with Crippen LogP contribution in [0.3, 0.4) is 0 Å². The number of esters is 1. The second kappa shape index (κ2) is 7.93. The highest BCUT2D eigenvalue weighted by atomic mass is 16.5. The lowest BCUT2D eigenvalue weighted by molar-refractivity contribution is -0.119. The van der Waals surface area contributed by atoms with Crippen LogP contribution in [0.25, 0.3) is 11.1 Å². The van der Waals surface area contributed by atoms with E-state index in [1.165, 1.54) is 0 Å². The molecule has 1 N–H and O–H groups in total. The van der Waals surface area contributed by atoms with Crippen molar-refractivity contribution in [2.24, 2.45) is 0 Å². The van der Waals surface area contributed by atoms with Crippen molar-refractivity contribution in [1.29, 1.82) is 0 Å². The van der Waals surface area contributed by atoms with Gasteiger partial charge in [-0.15, -0.1) is 0 Å². The van der Waals surface area contributed by atoms with E-state index in [-0.39, 0.29) is 12.5 Å². The van der Waals surface area contributed by atoms with Crippen molar-refractivity contribution in [1.82, 2.24) is 0 Å². The van der Waals surface area contributed by atoms with Crippen molar-refractivity contribution in [2.75, 3.05) is 11.9 Å². The predicted octanol–water partition coefficient (Wildman–Crippen LogP) is 4.15. The van der Waals surface area contributed by atoms with Crippen molar-refractivity contribution in [3.63, 3.8) is 0 Å². The van der Waals surface area contributed by atoms with Gasteiger partial charge in [-0.3, -0.25) is 4.79 Å². The molecule has 3 aromatic carbocycles. The zero-order valence-electron chi connectivity index (χ0n) is 13.5. The molecule has 0 aliphatic carbocycles. The summed E-state index contributed by atoms with van der Waals surface area (Å²) in [6.45, 7) is -0.325. The average molecular weight is 331 g/mol. The number of para-hydroxylation sites is 1. The lowest BCUT2D eigenvalue weighted by atomic mass is 10.0. The largest absolute Gasteiger partial charge is 0.452 e. The molecule has 0 radical (unpaired) electrons. The molecule has 0 saturated carbocycles. The molecule has 0 aromatic heterocycles. The highest BCUT2D eigenvalue weighted by Gasteiger charge is 2.10. The van der Waals surface area contributed by atoms with Gasteiger partial charge in [0.2, 0.25) is 0 Å². The summed E-state index contributed by atoms with van der Waals surface area (Å²) in [7, 11) is 0. The molecule has 0 spiro atoms. The Kier molecular flexibility index (Phi) is 5.22. The van der Waals surface area contributed by atoms with Gasteiger partial charge in [0.05, 0.1) is 5.56 Å². The Bertz CT molecular complexity index is 843. The highest BCUT2D eigenvalue weighted by Crippen LogP contribution is 2.19. The Morgan fingerprint density at radius 2 is 1.28 bits per heavy atom. The van der Waals surface area contributed by atoms with Crippen LogP contribution in [-0.4, -0.2) is 18.5 Å². The van der Waals surface area contributed by atoms with Crippen LogP contribution in [0, 0.1) is 0 Å². The minimum Gasteiger partial charge on any atom is -0.452 e. The molecule has 0 aliphatic heterocycles. The fourth-order valence-corrected chi connectivity index (χ4v) is 2.36. The van der Waals surface area contributed by atoms with Gasteiger partial charge in [0.25, 0.3) is 5.91 Å². The zero-order valence-corrected chi connectivity index (χ0v) is 13.5. The van der Waals surface area contributed by atoms with Crippen LogP contribution in [0.15, 0.2) is 84.9 Å². The monoisotopic (exact) mass is 331 g/mol. The normalized spacial score (nSPS) is 10.1. The molecule has 25 heavy (non-hydrogen) atoms. The van der Waals surface area contributed by atoms with Crippen LogP contribution in [-0.2, 0) is 9.53 Å². The summed E-state index contributed by atoms with van der Waals surface area (Å²) in [5.74, 6) is -0.900. The third-order valence-electron chi connectivity index (χ3n) is 3.62. The Hall–Kier alpha value is -3.40. The number of benzene rings is 3. The predicted molar refractivity (Wildman–Crippen MR) is 97.2 cm³/mol. The molecule has 3 rings (SSSR count). The topological polar surface area (TPSA) is 55.4 Å². The molecule has 3 aromatic rings. The van der Waals surface area contributed by atoms with Crippen molar-refractivity contribution < 1.29 is 14.3 Å². The highest BCUT2D eigenvalue weighted by molar-refractivity contribution is 5.95. The Morgan fingerprint density at radius 1 is 0.720 bits per heavy atom. The molecular formula is C21H17NO3. The van der Waals surface area contributed by atoms with E-state index in [0.29, 0.717) is 11.3 Å². The lowest BCUT2D eigenvalue weighted by Crippen LogP contribution is -2.20. The summed E-state index contributed by atoms with van der Waals surface area (Å²) in [4.78, 5) is 23.8. The third-order valence-corrected chi connectivity index (χ3v) is 3.62. The summed E-state index contributed by atoms with van der Waals surface area (Å²) < 4.78 is 5.06. The van der Waals surface area contributed by atoms with Crippen LogP contribution >= 0.6 is 0 Å². The van der Waals surface area contributed by atoms with Gasteiger partial charge in [0.15, 0.2) is 6.61 Å². The summed E-state index contributed by atoms with van der Waals surface area (Å²) in [6.07, 6.45) is 0. The van der Waals surface area contributed by atoms with E-state index in [1.807, 2.05) is 60.7 Å². The molecule has 0 bridgehead atoms. The number of hydrogen-bond acceptors (Lipinski definition) is 3. The molecule has 124 valence electrons. The SMILES string of the molecule is O=C(COC(=O)c1ccc(-c2ccccc2)cc1)Nc1ccccc1. The van der Waals surface area contributed by atoms with Crippen molar-refractivity contribution in [3.8, 4) is 11.1 Å². The molecule has 1 amide bonds. The molecule has 4 heteroatoms. The first kappa shape index (κ1) is 16.5. The molecule has 0 aliphatic rings. The maximum Gasteiger partial charge on any atom is 0.338 e. The molecule has 0 fully saturated rings. The molecule has 4 nitrogen and oxygen atoms in total. The number of rotatable bonds is 5. The van der Waals surface area contributed by atoms with E-state index in [0.717, 1.165) is 11.1 Å². The van der Waals surface area contributed by atoms with Gasteiger partial charge in [-0.2, -0.15) is 0 Å². The number of ether oxygens (including phenoxy) is 1. The second-order valence-electron chi connectivity index (χ2n) is 5.43. The maximum atomic E-state index is 12.0. The smallest absolute Gasteiger partial charge is 0.338 e. The van der Waals surface area contributed by atoms with Crippen LogP contribution in [0.4, 0.5) is 5.69 Å². The van der Waals surface area contributed by atoms with Crippen LogP contribution in [0.2, 0.25) is 0 Å². The molecular weight excluding hydrogens is 314 g/mol. The number of amides is 1. The quantitative estimate of drug-likeness (QED) is 0.715. The van der Waals surface area contributed by atoms with Gasteiger partial charge in [0.1, 0.15) is 0 Å². The van der Waals surface area contributed by atoms with Gasteiger partial charge in [0, 0.05) is 5.69 Å². The van der Waals surface area contributed by atoms with E-state index in [1.54, 1.807) is 24.3 Å². The standard InChI is InChI=1S/C21H17NO3/c23-20(22-19-9-5-2-6-10-19)15-25-21(24)18-13-11-17(12-14-18)16-7-3-1-4-8-16/h1-14H,15H2,(H,22,23). The number of carbonyl (C=O) groups is 2. The molecule has 0 unspecified atom stereocenters. The fraction of sp³-hybridized carbons (Fsp3) is 0.0476. The van der Waals surface area contributed by atoms with Gasteiger partial charge in [-0.25, -0.2) is 4.79 Å². The molecule has 0 saturated heterocycles. The minimum absolute atomic E-state index is 0.325. The summed E-state index contributed by atoms with van der Waals surface area (Å²) in [5, 5.41) is 2.66. The summed E-state index contributed by atoms with van der Waals surface area (Å²) >= 11 is 0. The van der Waals surface area contributed by atoms with Gasteiger partial charge in [-0.05, 0) is 35.4 Å². The van der Waals surface area contributed by atoms with Crippen LogP contribution in [0.1, 0.15) is 10.4 Å². The Morgan fingerprint density at radius 3 is 1.92 bits per heavy atom. The van der Waals surface area contributed by atoms with E-state index in [4.69, 9.17) is 4.74 Å². The number of anilines is 1. The fourth-order valence-electron chi connectivity index (χ4n) is 2.36. The van der Waals surface area contributed by atoms with E-state index in [9.17, 15) is 9.59 Å². The third kappa shape index (κ3) is 4.54. The number of hydrogen-bond donors (Lipinski definition) is 1. The zero-order chi connectivity index (χ0) is 17.5. The van der Waals surface area contributed by atoms with Crippen LogP contribution in [0.5, 0.6) is 0 Å². The van der Waals surface area contributed by atoms with E-state index >= 15 is 0 Å². The van der Waals surface area contributed by atoms with Gasteiger partial charge in [-0.1, -0.05) is 60.7 Å². The maximum absolute atomic E-state index is 12.0. The van der Waals surface area contributed by atoms with E-state index < -0.39 is 5.97 Å². The lowest BCUT2D eigenvalue weighted by Gasteiger charge is -2.07. The first-order chi connectivity index (χ1) is 12.2. The first-order valence-electron chi connectivity index (χ1n) is 7.90. The Balaban J connectivity index is 1.55. The average Bonchev–Trinajstić information content (AvgIpc) is 2.68. The first-order valence-corrected chi connectivity index (χ1v) is 7.90. The summed E-state index contributed by atoms with van der Waals surface area (Å²) in [5.41, 5.74) is 3.16. The number of carbonyl (C=O) groups excluding carboxylic acids is 2. The molecule has 0 atom stereocenters. The summed E-state index contributed by atoms with van der Waals surface area (Å²) in [6, 6.07) is 26.0. The van der Waals surface area contributed by atoms with Crippen LogP contribution < -0.4 is 5.32 Å². The van der Waals surface area contributed by atoms with Crippen molar-refractivity contribution in [3.05, 3.63) is 90.5 Å². The Labute approximate surface area is 146 Å². The minimum atomic E-state index is -0.525. The second-order valence-corrected chi connectivity index (χ2v) is 5.43. The van der Waals surface area contributed by atoms with Gasteiger partial charge < -0.3 is 10.1 Å². The van der Waals surface area contributed by atoms with Gasteiger partial charge >= 0.3 is 5.97 Å². The number of nitrogens with one attached hydrogen (secondary N) is 1. The van der Waals surface area contributed by atoms with Crippen molar-refractivity contribution >= 4 is 17.6 Å². The van der Waals surface area contributed by atoms with E-state index in [2.05, 4.69) is 5.32 Å². The van der Waals surface area contributed by atoms with Crippen molar-refractivity contribution in [2.45, 2.75) is 0 Å². The molecule has 0 heterocycles.